The van der Waals surface area contributed by atoms with Gasteiger partial charge in [0.1, 0.15) is 5.58 Å². The second kappa shape index (κ2) is 16.9. The van der Waals surface area contributed by atoms with Crippen LogP contribution in [-0.2, 0) is 26.5 Å². The predicted molar refractivity (Wildman–Crippen MR) is 217 cm³/mol. The summed E-state index contributed by atoms with van der Waals surface area (Å²) < 4.78 is 7.92. The van der Waals surface area contributed by atoms with Crippen LogP contribution >= 0.6 is 0 Å². The molecule has 1 fully saturated rings. The normalized spacial score (nSPS) is 13.5. The third-order valence-corrected chi connectivity index (χ3v) is 14.6. The maximum atomic E-state index is 6.33. The van der Waals surface area contributed by atoms with Crippen molar-refractivity contribution in [1.82, 2.24) is 9.97 Å². The standard InChI is InChI=1S/C26H20NO.C21H28GeN.Ir/c1-17(2)19-13-14-27-24(15-19)23-10-6-9-22-21-12-11-20(16-25(21)28-26(22)23)18-7-4-3-5-8-18;1-22(2,3)20-16-23-21(18-12-8-5-9-13-18)15-19(20)14-17-10-6-4-7-11-17;/h3-9,11-17H,1-2H3;5,8-9,12,15-17H,4,6-7,10-11,14H2,1-3H3;/q2*-1;. The Hall–Kier alpha value is -3.83. The summed E-state index contributed by atoms with van der Waals surface area (Å²) in [5, 5.41) is 2.21. The molecule has 1 aliphatic carbocycles. The Morgan fingerprint density at radius 3 is 2.27 bits per heavy atom. The maximum absolute atomic E-state index is 6.33. The van der Waals surface area contributed by atoms with Crippen molar-refractivity contribution in [2.75, 3.05) is 0 Å². The van der Waals surface area contributed by atoms with Crippen molar-refractivity contribution in [3.63, 3.8) is 0 Å². The van der Waals surface area contributed by atoms with Gasteiger partial charge >= 0.3 is 144 Å². The Bertz CT molecular complexity index is 2230. The topological polar surface area (TPSA) is 38.9 Å². The molecule has 0 spiro atoms. The van der Waals surface area contributed by atoms with Gasteiger partial charge in [-0.3, -0.25) is 0 Å². The summed E-state index contributed by atoms with van der Waals surface area (Å²) in [6.07, 6.45) is 12.4. The predicted octanol–water partition coefficient (Wildman–Crippen LogP) is 12.5. The molecule has 267 valence electrons. The molecule has 0 aliphatic heterocycles. The summed E-state index contributed by atoms with van der Waals surface area (Å²) in [7, 11) is 0. The Morgan fingerprint density at radius 1 is 0.750 bits per heavy atom. The van der Waals surface area contributed by atoms with Crippen molar-refractivity contribution in [3.05, 3.63) is 139 Å². The molecule has 0 bridgehead atoms. The van der Waals surface area contributed by atoms with Crippen LogP contribution in [0.4, 0.5) is 0 Å². The molecule has 5 heteroatoms. The van der Waals surface area contributed by atoms with Crippen LogP contribution in [0.5, 0.6) is 0 Å². The number of nitrogens with zero attached hydrogens (tertiary/aromatic N) is 2. The molecule has 8 rings (SSSR count). The zero-order valence-electron chi connectivity index (χ0n) is 31.0. The Morgan fingerprint density at radius 2 is 1.54 bits per heavy atom. The minimum atomic E-state index is -1.89. The van der Waals surface area contributed by atoms with Gasteiger partial charge in [-0.05, 0) is 34.9 Å². The van der Waals surface area contributed by atoms with Crippen molar-refractivity contribution in [1.29, 1.82) is 0 Å². The molecule has 0 saturated heterocycles. The van der Waals surface area contributed by atoms with Crippen molar-refractivity contribution >= 4 is 39.6 Å². The van der Waals surface area contributed by atoms with Crippen molar-refractivity contribution in [2.24, 2.45) is 5.92 Å². The van der Waals surface area contributed by atoms with Gasteiger partial charge < -0.3 is 9.40 Å². The molecule has 3 heterocycles. The van der Waals surface area contributed by atoms with Gasteiger partial charge in [0.25, 0.3) is 0 Å². The fourth-order valence-corrected chi connectivity index (χ4v) is 10.8. The average Bonchev–Trinajstić information content (AvgIpc) is 3.54. The molecule has 0 unspecified atom stereocenters. The molecular weight excluding hydrogens is 873 g/mol. The third kappa shape index (κ3) is 8.68. The van der Waals surface area contributed by atoms with Crippen molar-refractivity contribution in [2.45, 2.75) is 75.6 Å². The van der Waals surface area contributed by atoms with Gasteiger partial charge in [0, 0.05) is 31.7 Å². The van der Waals surface area contributed by atoms with Crippen LogP contribution in [-0.4, -0.2) is 23.2 Å². The molecule has 1 radical (unpaired) electrons. The van der Waals surface area contributed by atoms with E-state index in [1.54, 1.807) is 9.96 Å². The smallest absolute Gasteiger partial charge is 0 e. The van der Waals surface area contributed by atoms with E-state index in [0.29, 0.717) is 5.92 Å². The third-order valence-electron chi connectivity index (χ3n) is 10.3. The summed E-state index contributed by atoms with van der Waals surface area (Å²) >= 11 is -1.89. The molecule has 0 N–H and O–H groups in total. The van der Waals surface area contributed by atoms with E-state index in [4.69, 9.17) is 9.40 Å². The maximum Gasteiger partial charge on any atom is 0 e. The first-order valence-corrected chi connectivity index (χ1v) is 25.9. The minimum absolute atomic E-state index is 0. The van der Waals surface area contributed by atoms with Gasteiger partial charge in [-0.15, -0.1) is 18.2 Å². The van der Waals surface area contributed by atoms with E-state index >= 15 is 0 Å². The molecule has 52 heavy (non-hydrogen) atoms. The van der Waals surface area contributed by atoms with E-state index < -0.39 is 13.3 Å². The van der Waals surface area contributed by atoms with Crippen LogP contribution in [0.1, 0.15) is 63.0 Å². The number of hydrogen-bond acceptors (Lipinski definition) is 3. The van der Waals surface area contributed by atoms with Crippen molar-refractivity contribution < 1.29 is 24.5 Å². The first-order valence-electron chi connectivity index (χ1n) is 18.6. The van der Waals surface area contributed by atoms with Crippen LogP contribution in [0, 0.1) is 18.1 Å². The van der Waals surface area contributed by atoms with Crippen LogP contribution in [0.25, 0.3) is 55.6 Å². The minimum Gasteiger partial charge on any atom is 0 e. The summed E-state index contributed by atoms with van der Waals surface area (Å²) in [6, 6.07) is 42.2. The molecular formula is C47H48GeIrN2O-2. The largest absolute Gasteiger partial charge is 0 e. The summed E-state index contributed by atoms with van der Waals surface area (Å²) in [4.78, 5) is 9.37. The first-order chi connectivity index (χ1) is 24.7. The number of rotatable bonds is 7. The average molecular weight is 922 g/mol. The number of benzene rings is 4. The van der Waals surface area contributed by atoms with Gasteiger partial charge in [0.15, 0.2) is 0 Å². The number of fused-ring (bicyclic) bond motifs is 3. The first kappa shape index (κ1) is 37.9. The zero-order chi connectivity index (χ0) is 35.4. The fraction of sp³-hybridized carbons (Fsp3) is 0.277. The molecule has 0 amide bonds. The quantitative estimate of drug-likeness (QED) is 0.118. The second-order valence-corrected chi connectivity index (χ2v) is 25.9. The summed E-state index contributed by atoms with van der Waals surface area (Å²) in [5.41, 5.74) is 10.9. The fourth-order valence-electron chi connectivity index (χ4n) is 7.43. The molecule has 3 nitrogen and oxygen atoms in total. The molecule has 3 aromatic heterocycles. The number of hydrogen-bond donors (Lipinski definition) is 0. The van der Waals surface area contributed by atoms with Gasteiger partial charge in [0.05, 0.1) is 5.58 Å². The zero-order valence-corrected chi connectivity index (χ0v) is 35.5. The summed E-state index contributed by atoms with van der Waals surface area (Å²) in [6.45, 7) is 4.38. The Balaban J connectivity index is 0.000000179. The van der Waals surface area contributed by atoms with E-state index in [9.17, 15) is 0 Å². The monoisotopic (exact) mass is 923 g/mol. The van der Waals surface area contributed by atoms with E-state index in [2.05, 4.69) is 133 Å². The van der Waals surface area contributed by atoms with Crippen LogP contribution in [0.3, 0.4) is 0 Å². The van der Waals surface area contributed by atoms with Crippen LogP contribution in [0.15, 0.2) is 120 Å². The molecule has 1 saturated carbocycles. The summed E-state index contributed by atoms with van der Waals surface area (Å²) in [5.74, 6) is 8.77. The van der Waals surface area contributed by atoms with Gasteiger partial charge in [-0.25, -0.2) is 0 Å². The van der Waals surface area contributed by atoms with Crippen LogP contribution in [0.2, 0.25) is 17.3 Å². The second-order valence-electron chi connectivity index (χ2n) is 15.4. The SMILES string of the molecule is CC(C)c1ccnc(-c2[c-]ccc3c2oc2cc(-c4ccccc4)ccc23)c1.[CH3][Ge]([CH3])([CH3])[c]1cnc(-c2[c-]cccc2)cc1CC1CCCCC1.[Ir]. The Kier molecular flexibility index (Phi) is 12.3. The van der Waals surface area contributed by atoms with Crippen LogP contribution < -0.4 is 4.40 Å². The van der Waals surface area contributed by atoms with E-state index in [-0.39, 0.29) is 20.1 Å². The molecule has 0 atom stereocenters. The molecule has 1 aliphatic rings. The number of aromatic nitrogens is 2. The van der Waals surface area contributed by atoms with Crippen molar-refractivity contribution in [3.8, 4) is 33.6 Å². The van der Waals surface area contributed by atoms with E-state index in [0.717, 1.165) is 55.9 Å². The molecule has 7 aromatic rings. The van der Waals surface area contributed by atoms with E-state index in [1.807, 2.05) is 30.5 Å². The number of pyridine rings is 2. The van der Waals surface area contributed by atoms with Gasteiger partial charge in [0.2, 0.25) is 0 Å². The van der Waals surface area contributed by atoms with E-state index in [1.165, 1.54) is 49.7 Å². The molecule has 4 aromatic carbocycles. The van der Waals surface area contributed by atoms with Gasteiger partial charge in [-0.2, -0.15) is 0 Å². The van der Waals surface area contributed by atoms with Gasteiger partial charge in [-0.1, -0.05) is 78.9 Å². The number of furan rings is 1. The Labute approximate surface area is 326 Å².